The van der Waals surface area contributed by atoms with Crippen molar-refractivity contribution in [3.63, 3.8) is 0 Å². The molecule has 0 amide bonds. The molecule has 6 nitrogen and oxygen atoms in total. The first-order valence-corrected chi connectivity index (χ1v) is 8.47. The largest absolute Gasteiger partial charge is 0.395 e. The van der Waals surface area contributed by atoms with Crippen LogP contribution in [0.15, 0.2) is 24.3 Å². The summed E-state index contributed by atoms with van der Waals surface area (Å²) in [6.07, 6.45) is -0.639. The average Bonchev–Trinajstić information content (AvgIpc) is 2.77. The Labute approximate surface area is 146 Å². The molecule has 1 aliphatic rings. The number of halogens is 1. The van der Waals surface area contributed by atoms with E-state index in [2.05, 4.69) is 4.98 Å². The van der Waals surface area contributed by atoms with Crippen LogP contribution in [0.5, 0.6) is 0 Å². The molecule has 0 saturated carbocycles. The van der Waals surface area contributed by atoms with Gasteiger partial charge in [-0.2, -0.15) is 0 Å². The normalized spacial score (nSPS) is 19.6. The Morgan fingerprint density at radius 2 is 1.96 bits per heavy atom. The fraction of sp³-hybridized carbons (Fsp3) is 0.500. The second kappa shape index (κ2) is 7.61. The molecule has 1 aromatic carbocycles. The maximum atomic E-state index is 13.7. The lowest BCUT2D eigenvalue weighted by Crippen LogP contribution is -2.44. The number of rotatable bonds is 4. The van der Waals surface area contributed by atoms with Gasteiger partial charge in [-0.1, -0.05) is 0 Å². The summed E-state index contributed by atoms with van der Waals surface area (Å²) in [5.41, 5.74) is 2.39. The predicted octanol–water partition coefficient (Wildman–Crippen LogP) is 0.518. The molecule has 1 aromatic heterocycles. The highest BCUT2D eigenvalue weighted by Gasteiger charge is 2.26. The number of aliphatic hydroxyl groups is 3. The molecule has 0 unspecified atom stereocenters. The molecule has 1 atom stereocenters. The SMILES string of the molecule is Cc1cc(N2CCN(C(CO)CO)C[C@H](O)C2)c2cc(F)ccc2n1. The summed E-state index contributed by atoms with van der Waals surface area (Å²) in [6.45, 7) is 3.52. The monoisotopic (exact) mass is 349 g/mol. The molecule has 7 heteroatoms. The first-order chi connectivity index (χ1) is 12.0. The number of β-amino-alcohol motifs (C(OH)–C–C–N with tert-alkyl or cyclic N) is 1. The fourth-order valence-corrected chi connectivity index (χ4v) is 3.42. The molecule has 2 aromatic rings. The minimum Gasteiger partial charge on any atom is -0.395 e. The molecule has 136 valence electrons. The van der Waals surface area contributed by atoms with Crippen LogP contribution < -0.4 is 4.90 Å². The Balaban J connectivity index is 1.94. The molecule has 1 aliphatic heterocycles. The summed E-state index contributed by atoms with van der Waals surface area (Å²) in [4.78, 5) is 8.36. The van der Waals surface area contributed by atoms with Crippen molar-refractivity contribution in [2.75, 3.05) is 44.3 Å². The quantitative estimate of drug-likeness (QED) is 0.747. The molecule has 1 fully saturated rings. The van der Waals surface area contributed by atoms with Gasteiger partial charge in [-0.15, -0.1) is 0 Å². The van der Waals surface area contributed by atoms with Crippen LogP contribution in [0.1, 0.15) is 5.69 Å². The third-order valence-electron chi connectivity index (χ3n) is 4.69. The van der Waals surface area contributed by atoms with Crippen LogP contribution in [0.25, 0.3) is 10.9 Å². The van der Waals surface area contributed by atoms with E-state index in [4.69, 9.17) is 0 Å². The molecule has 1 saturated heterocycles. The van der Waals surface area contributed by atoms with Crippen molar-refractivity contribution < 1.29 is 19.7 Å². The van der Waals surface area contributed by atoms with Crippen molar-refractivity contribution in [3.8, 4) is 0 Å². The minimum absolute atomic E-state index is 0.161. The van der Waals surface area contributed by atoms with Crippen LogP contribution in [-0.2, 0) is 0 Å². The first-order valence-electron chi connectivity index (χ1n) is 8.47. The Morgan fingerprint density at radius 3 is 2.68 bits per heavy atom. The number of aromatic nitrogens is 1. The fourth-order valence-electron chi connectivity index (χ4n) is 3.42. The van der Waals surface area contributed by atoms with E-state index >= 15 is 0 Å². The molecule has 0 bridgehead atoms. The summed E-state index contributed by atoms with van der Waals surface area (Å²) in [5, 5.41) is 29.9. The number of pyridine rings is 1. The molecule has 3 rings (SSSR count). The molecule has 25 heavy (non-hydrogen) atoms. The highest BCUT2D eigenvalue weighted by Crippen LogP contribution is 2.28. The zero-order chi connectivity index (χ0) is 18.0. The van der Waals surface area contributed by atoms with Crippen LogP contribution in [-0.4, -0.2) is 76.7 Å². The van der Waals surface area contributed by atoms with E-state index in [9.17, 15) is 19.7 Å². The number of hydrogen-bond acceptors (Lipinski definition) is 6. The Morgan fingerprint density at radius 1 is 1.20 bits per heavy atom. The standard InChI is InChI=1S/C18H24FN3O3/c1-12-6-18(16-7-13(19)2-3-17(16)20-12)22-5-4-21(8-15(25)9-22)14(10-23)11-24/h2-3,6-7,14-15,23-25H,4-5,8-11H2,1H3/t15-/m0/s1. The minimum atomic E-state index is -0.639. The summed E-state index contributed by atoms with van der Waals surface area (Å²) < 4.78 is 13.7. The van der Waals surface area contributed by atoms with Gasteiger partial charge in [0.05, 0.1) is 30.9 Å². The maximum absolute atomic E-state index is 13.7. The molecule has 2 heterocycles. The highest BCUT2D eigenvalue weighted by molar-refractivity contribution is 5.92. The van der Waals surface area contributed by atoms with Crippen molar-refractivity contribution in [1.29, 1.82) is 0 Å². The predicted molar refractivity (Wildman–Crippen MR) is 94.2 cm³/mol. The van der Waals surface area contributed by atoms with Gasteiger partial charge in [-0.05, 0) is 31.2 Å². The van der Waals surface area contributed by atoms with Gasteiger partial charge in [0.1, 0.15) is 5.82 Å². The van der Waals surface area contributed by atoms with Crippen molar-refractivity contribution in [1.82, 2.24) is 9.88 Å². The van der Waals surface area contributed by atoms with Crippen LogP contribution in [0.4, 0.5) is 10.1 Å². The molecular weight excluding hydrogens is 325 g/mol. The second-order valence-corrected chi connectivity index (χ2v) is 6.56. The molecule has 0 spiro atoms. The van der Waals surface area contributed by atoms with Crippen molar-refractivity contribution in [2.45, 2.75) is 19.1 Å². The van der Waals surface area contributed by atoms with Crippen molar-refractivity contribution in [3.05, 3.63) is 35.8 Å². The Hall–Kier alpha value is -1.80. The third-order valence-corrected chi connectivity index (χ3v) is 4.69. The average molecular weight is 349 g/mol. The summed E-state index contributed by atoms with van der Waals surface area (Å²) in [7, 11) is 0. The second-order valence-electron chi connectivity index (χ2n) is 6.56. The molecular formula is C18H24FN3O3. The first kappa shape index (κ1) is 18.0. The summed E-state index contributed by atoms with van der Waals surface area (Å²) in [6, 6.07) is 6.04. The number of hydrogen-bond donors (Lipinski definition) is 3. The number of fused-ring (bicyclic) bond motifs is 1. The van der Waals surface area contributed by atoms with Gasteiger partial charge < -0.3 is 20.2 Å². The van der Waals surface area contributed by atoms with Crippen LogP contribution in [0.3, 0.4) is 0 Å². The van der Waals surface area contributed by atoms with Gasteiger partial charge in [0.2, 0.25) is 0 Å². The van der Waals surface area contributed by atoms with Gasteiger partial charge >= 0.3 is 0 Å². The van der Waals surface area contributed by atoms with E-state index < -0.39 is 6.10 Å². The Kier molecular flexibility index (Phi) is 5.48. The lowest BCUT2D eigenvalue weighted by Gasteiger charge is -2.28. The van der Waals surface area contributed by atoms with E-state index in [-0.39, 0.29) is 25.1 Å². The molecule has 0 radical (unpaired) electrons. The van der Waals surface area contributed by atoms with E-state index in [1.165, 1.54) is 12.1 Å². The lowest BCUT2D eigenvalue weighted by atomic mass is 10.1. The van der Waals surface area contributed by atoms with Gasteiger partial charge in [0, 0.05) is 42.9 Å². The maximum Gasteiger partial charge on any atom is 0.124 e. The van der Waals surface area contributed by atoms with Crippen LogP contribution in [0.2, 0.25) is 0 Å². The highest BCUT2D eigenvalue weighted by atomic mass is 19.1. The smallest absolute Gasteiger partial charge is 0.124 e. The van der Waals surface area contributed by atoms with E-state index in [1.54, 1.807) is 6.07 Å². The van der Waals surface area contributed by atoms with Crippen molar-refractivity contribution >= 4 is 16.6 Å². The van der Waals surface area contributed by atoms with Crippen LogP contribution in [0, 0.1) is 12.7 Å². The van der Waals surface area contributed by atoms with Gasteiger partial charge in [0.15, 0.2) is 0 Å². The van der Waals surface area contributed by atoms with E-state index in [0.29, 0.717) is 31.6 Å². The number of nitrogens with zero attached hydrogens (tertiary/aromatic N) is 3. The molecule has 3 N–H and O–H groups in total. The van der Waals surface area contributed by atoms with E-state index in [0.717, 1.165) is 16.9 Å². The van der Waals surface area contributed by atoms with Gasteiger partial charge in [-0.3, -0.25) is 9.88 Å². The number of aliphatic hydroxyl groups excluding tert-OH is 3. The topological polar surface area (TPSA) is 80.1 Å². The number of aryl methyl sites for hydroxylation is 1. The van der Waals surface area contributed by atoms with Crippen molar-refractivity contribution in [2.24, 2.45) is 0 Å². The zero-order valence-corrected chi connectivity index (χ0v) is 14.3. The lowest BCUT2D eigenvalue weighted by molar-refractivity contribution is 0.0483. The van der Waals surface area contributed by atoms with Crippen LogP contribution >= 0.6 is 0 Å². The van der Waals surface area contributed by atoms with Gasteiger partial charge in [-0.25, -0.2) is 4.39 Å². The third kappa shape index (κ3) is 3.90. The zero-order valence-electron chi connectivity index (χ0n) is 14.3. The van der Waals surface area contributed by atoms with E-state index in [1.807, 2.05) is 22.8 Å². The Bertz CT molecular complexity index is 739. The number of anilines is 1. The summed E-state index contributed by atoms with van der Waals surface area (Å²) in [5.74, 6) is -0.322. The van der Waals surface area contributed by atoms with Gasteiger partial charge in [0.25, 0.3) is 0 Å². The number of benzene rings is 1. The summed E-state index contributed by atoms with van der Waals surface area (Å²) >= 11 is 0. The molecule has 0 aliphatic carbocycles.